The molecule has 0 spiro atoms. The zero-order valence-corrected chi connectivity index (χ0v) is 11.4. The SMILES string of the molecule is C#Cc1c[nH]c(=O)nc1NC(=O)OCCN1CCOCC1. The van der Waals surface area contributed by atoms with E-state index in [0.29, 0.717) is 19.8 Å². The van der Waals surface area contributed by atoms with E-state index in [4.69, 9.17) is 15.9 Å². The average molecular weight is 292 g/mol. The number of hydrogen-bond donors (Lipinski definition) is 2. The molecule has 1 aliphatic heterocycles. The van der Waals surface area contributed by atoms with Gasteiger partial charge in [-0.3, -0.25) is 10.2 Å². The van der Waals surface area contributed by atoms with Gasteiger partial charge in [0.15, 0.2) is 5.82 Å². The van der Waals surface area contributed by atoms with Crippen molar-refractivity contribution in [2.24, 2.45) is 0 Å². The van der Waals surface area contributed by atoms with Crippen molar-refractivity contribution in [2.75, 3.05) is 44.8 Å². The second-order valence-electron chi connectivity index (χ2n) is 4.33. The first kappa shape index (κ1) is 15.0. The molecule has 0 atom stereocenters. The number of amides is 1. The Morgan fingerprint density at radius 1 is 1.57 bits per heavy atom. The minimum atomic E-state index is -0.696. The maximum Gasteiger partial charge on any atom is 0.412 e. The fourth-order valence-corrected chi connectivity index (χ4v) is 1.83. The maximum atomic E-state index is 11.6. The van der Waals surface area contributed by atoms with Gasteiger partial charge in [0.1, 0.15) is 6.61 Å². The van der Waals surface area contributed by atoms with Crippen LogP contribution in [0.1, 0.15) is 5.56 Å². The molecule has 0 aromatic carbocycles. The van der Waals surface area contributed by atoms with Gasteiger partial charge < -0.3 is 14.5 Å². The second kappa shape index (κ2) is 7.42. The Hall–Kier alpha value is -2.37. The Labute approximate surface area is 121 Å². The van der Waals surface area contributed by atoms with Crippen molar-refractivity contribution in [1.29, 1.82) is 0 Å². The summed E-state index contributed by atoms with van der Waals surface area (Å²) in [5, 5.41) is 2.36. The van der Waals surface area contributed by atoms with Crippen LogP contribution in [0.15, 0.2) is 11.0 Å². The fourth-order valence-electron chi connectivity index (χ4n) is 1.83. The molecule has 1 aliphatic rings. The third kappa shape index (κ3) is 4.59. The lowest BCUT2D eigenvalue weighted by atomic mass is 10.3. The average Bonchev–Trinajstić information content (AvgIpc) is 2.48. The summed E-state index contributed by atoms with van der Waals surface area (Å²) in [7, 11) is 0. The minimum Gasteiger partial charge on any atom is -0.448 e. The second-order valence-corrected chi connectivity index (χ2v) is 4.33. The number of carbonyl (C=O) groups is 1. The van der Waals surface area contributed by atoms with Crippen LogP contribution in [0.25, 0.3) is 0 Å². The number of nitrogens with one attached hydrogen (secondary N) is 2. The molecule has 112 valence electrons. The highest BCUT2D eigenvalue weighted by molar-refractivity contribution is 5.84. The molecule has 1 saturated heterocycles. The molecule has 0 aliphatic carbocycles. The number of anilines is 1. The number of H-pyrrole nitrogens is 1. The van der Waals surface area contributed by atoms with E-state index >= 15 is 0 Å². The first-order valence-electron chi connectivity index (χ1n) is 6.49. The smallest absolute Gasteiger partial charge is 0.412 e. The standard InChI is InChI=1S/C13H16N4O4/c1-2-10-9-14-12(18)15-11(10)16-13(19)21-8-5-17-3-6-20-7-4-17/h1,9H,3-8H2,(H2,14,15,16,18,19). The summed E-state index contributed by atoms with van der Waals surface area (Å²) in [6, 6.07) is 0. The monoisotopic (exact) mass is 292 g/mol. The van der Waals surface area contributed by atoms with Gasteiger partial charge in [0.05, 0.1) is 18.8 Å². The number of morpholine rings is 1. The summed E-state index contributed by atoms with van der Waals surface area (Å²) in [4.78, 5) is 30.8. The van der Waals surface area contributed by atoms with E-state index in [1.54, 1.807) is 0 Å². The normalized spacial score (nSPS) is 15.2. The molecule has 8 nitrogen and oxygen atoms in total. The number of aromatic nitrogens is 2. The number of ether oxygens (including phenoxy) is 2. The zero-order chi connectivity index (χ0) is 15.1. The highest BCUT2D eigenvalue weighted by Crippen LogP contribution is 2.06. The largest absolute Gasteiger partial charge is 0.448 e. The Bertz CT molecular complexity index is 587. The fraction of sp³-hybridized carbons (Fsp3) is 0.462. The molecule has 2 rings (SSSR count). The van der Waals surface area contributed by atoms with Gasteiger partial charge in [-0.25, -0.2) is 9.59 Å². The summed E-state index contributed by atoms with van der Waals surface area (Å²) in [5.74, 6) is 2.32. The highest BCUT2D eigenvalue weighted by Gasteiger charge is 2.12. The number of hydrogen-bond acceptors (Lipinski definition) is 6. The summed E-state index contributed by atoms with van der Waals surface area (Å²) in [6.45, 7) is 3.88. The highest BCUT2D eigenvalue weighted by atomic mass is 16.5. The van der Waals surface area contributed by atoms with Crippen molar-refractivity contribution < 1.29 is 14.3 Å². The van der Waals surface area contributed by atoms with Crippen molar-refractivity contribution in [3.05, 3.63) is 22.2 Å². The molecular weight excluding hydrogens is 276 g/mol. The molecule has 0 bridgehead atoms. The number of nitrogens with zero attached hydrogens (tertiary/aromatic N) is 2. The van der Waals surface area contributed by atoms with Crippen LogP contribution in [-0.4, -0.2) is 60.4 Å². The minimum absolute atomic E-state index is 0.0117. The van der Waals surface area contributed by atoms with Crippen molar-refractivity contribution in [1.82, 2.24) is 14.9 Å². The lowest BCUT2D eigenvalue weighted by Gasteiger charge is -2.26. The third-order valence-electron chi connectivity index (χ3n) is 2.93. The lowest BCUT2D eigenvalue weighted by Crippen LogP contribution is -2.38. The number of aromatic amines is 1. The Kier molecular flexibility index (Phi) is 5.31. The zero-order valence-electron chi connectivity index (χ0n) is 11.4. The van der Waals surface area contributed by atoms with E-state index < -0.39 is 11.8 Å². The van der Waals surface area contributed by atoms with E-state index in [9.17, 15) is 9.59 Å². The maximum absolute atomic E-state index is 11.6. The van der Waals surface area contributed by atoms with Crippen molar-refractivity contribution in [3.63, 3.8) is 0 Å². The van der Waals surface area contributed by atoms with Gasteiger partial charge in [0.2, 0.25) is 0 Å². The van der Waals surface area contributed by atoms with Crippen LogP contribution in [-0.2, 0) is 9.47 Å². The molecule has 1 aromatic rings. The van der Waals surface area contributed by atoms with Crippen LogP contribution in [0.4, 0.5) is 10.6 Å². The molecular formula is C13H16N4O4. The van der Waals surface area contributed by atoms with Crippen LogP contribution >= 0.6 is 0 Å². The first-order chi connectivity index (χ1) is 10.2. The number of rotatable bonds is 4. The number of carbonyl (C=O) groups excluding carboxylic acids is 1. The van der Waals surface area contributed by atoms with Gasteiger partial charge in [-0.1, -0.05) is 5.92 Å². The van der Waals surface area contributed by atoms with Gasteiger partial charge >= 0.3 is 11.8 Å². The van der Waals surface area contributed by atoms with E-state index in [2.05, 4.69) is 26.1 Å². The molecule has 8 heteroatoms. The van der Waals surface area contributed by atoms with Crippen LogP contribution in [0.2, 0.25) is 0 Å². The van der Waals surface area contributed by atoms with E-state index in [1.165, 1.54) is 6.20 Å². The van der Waals surface area contributed by atoms with E-state index in [1.807, 2.05) is 0 Å². The number of terminal acetylenes is 1. The third-order valence-corrected chi connectivity index (χ3v) is 2.93. The molecule has 1 fully saturated rings. The molecule has 0 unspecified atom stereocenters. The Balaban J connectivity index is 1.80. The quantitative estimate of drug-likeness (QED) is 0.735. The van der Waals surface area contributed by atoms with Crippen molar-refractivity contribution in [3.8, 4) is 12.3 Å². The van der Waals surface area contributed by atoms with Crippen molar-refractivity contribution in [2.45, 2.75) is 0 Å². The summed E-state index contributed by atoms with van der Waals surface area (Å²) in [5.41, 5.74) is -0.322. The molecule has 0 radical (unpaired) electrons. The van der Waals surface area contributed by atoms with Crippen molar-refractivity contribution >= 4 is 11.9 Å². The predicted octanol–water partition coefficient (Wildman–Crippen LogP) is -0.368. The van der Waals surface area contributed by atoms with E-state index in [0.717, 1.165) is 13.1 Å². The van der Waals surface area contributed by atoms with Crippen LogP contribution in [0.3, 0.4) is 0 Å². The molecule has 1 amide bonds. The molecule has 2 heterocycles. The Morgan fingerprint density at radius 2 is 2.33 bits per heavy atom. The molecule has 0 saturated carbocycles. The lowest BCUT2D eigenvalue weighted by molar-refractivity contribution is 0.0290. The van der Waals surface area contributed by atoms with Gasteiger partial charge in [-0.2, -0.15) is 4.98 Å². The van der Waals surface area contributed by atoms with Gasteiger partial charge in [0.25, 0.3) is 0 Å². The summed E-state index contributed by atoms with van der Waals surface area (Å²) >= 11 is 0. The van der Waals surface area contributed by atoms with Gasteiger partial charge in [-0.15, -0.1) is 6.42 Å². The van der Waals surface area contributed by atoms with Crippen LogP contribution < -0.4 is 11.0 Å². The summed E-state index contributed by atoms with van der Waals surface area (Å²) < 4.78 is 10.3. The predicted molar refractivity (Wildman–Crippen MR) is 75.0 cm³/mol. The molecule has 1 aromatic heterocycles. The first-order valence-corrected chi connectivity index (χ1v) is 6.49. The van der Waals surface area contributed by atoms with Crippen LogP contribution in [0.5, 0.6) is 0 Å². The molecule has 21 heavy (non-hydrogen) atoms. The Morgan fingerprint density at radius 3 is 3.05 bits per heavy atom. The van der Waals surface area contributed by atoms with Gasteiger partial charge in [0, 0.05) is 25.8 Å². The summed E-state index contributed by atoms with van der Waals surface area (Å²) in [6.07, 6.45) is 5.86. The van der Waals surface area contributed by atoms with E-state index in [-0.39, 0.29) is 18.0 Å². The molecule has 2 N–H and O–H groups in total. The van der Waals surface area contributed by atoms with Gasteiger partial charge in [-0.05, 0) is 0 Å². The topological polar surface area (TPSA) is 96.5 Å². The van der Waals surface area contributed by atoms with Crippen LogP contribution in [0, 0.1) is 12.3 Å².